The van der Waals surface area contributed by atoms with Crippen LogP contribution < -0.4 is 15.1 Å². The quantitative estimate of drug-likeness (QED) is 0.773. The van der Waals surface area contributed by atoms with Gasteiger partial charge in [0.1, 0.15) is 11.7 Å². The van der Waals surface area contributed by atoms with Crippen molar-refractivity contribution in [2.45, 2.75) is 13.0 Å². The van der Waals surface area contributed by atoms with Crippen molar-refractivity contribution in [2.75, 3.05) is 29.2 Å². The smallest absolute Gasteiger partial charge is 0.254 e. The second kappa shape index (κ2) is 6.72. The first kappa shape index (κ1) is 17.0. The normalized spacial score (nSPS) is 16.3. The zero-order valence-corrected chi connectivity index (χ0v) is 15.5. The molecule has 1 atom stereocenters. The molecule has 6 heteroatoms. The van der Waals surface area contributed by atoms with Gasteiger partial charge in [-0.1, -0.05) is 48.0 Å². The van der Waals surface area contributed by atoms with Gasteiger partial charge in [0.25, 0.3) is 5.91 Å². The molecule has 27 heavy (non-hydrogen) atoms. The highest BCUT2D eigenvalue weighted by atomic mass is 16.2. The largest absolute Gasteiger partial charge is 0.342 e. The van der Waals surface area contributed by atoms with E-state index < -0.39 is 6.04 Å². The maximum atomic E-state index is 12.9. The Labute approximate surface area is 158 Å². The number of anilines is 4. The molecular formula is C21H21N5O. The molecule has 1 aliphatic rings. The minimum Gasteiger partial charge on any atom is -0.342 e. The molecule has 2 heterocycles. The Morgan fingerprint density at radius 1 is 1.00 bits per heavy atom. The van der Waals surface area contributed by atoms with Crippen LogP contribution in [0.15, 0.2) is 60.8 Å². The van der Waals surface area contributed by atoms with Crippen LogP contribution in [0.5, 0.6) is 0 Å². The lowest BCUT2D eigenvalue weighted by Crippen LogP contribution is -2.45. The van der Waals surface area contributed by atoms with Crippen LogP contribution in [0.3, 0.4) is 0 Å². The maximum absolute atomic E-state index is 12.9. The third-order valence-electron chi connectivity index (χ3n) is 4.82. The molecule has 136 valence electrons. The number of aryl methyl sites for hydroxylation is 1. The first-order chi connectivity index (χ1) is 13.0. The van der Waals surface area contributed by atoms with Gasteiger partial charge in [0.05, 0.1) is 6.20 Å². The van der Waals surface area contributed by atoms with E-state index >= 15 is 0 Å². The van der Waals surface area contributed by atoms with Crippen LogP contribution in [-0.4, -0.2) is 30.0 Å². The lowest BCUT2D eigenvalue weighted by atomic mass is 10.0. The number of likely N-dealkylation sites (N-methyl/N-ethyl adjacent to an activating group) is 2. The van der Waals surface area contributed by atoms with Crippen LogP contribution in [0.4, 0.5) is 23.1 Å². The number of rotatable bonds is 3. The lowest BCUT2D eigenvalue weighted by Gasteiger charge is -2.38. The molecule has 0 bridgehead atoms. The highest BCUT2D eigenvalue weighted by molar-refractivity contribution is 6.04. The van der Waals surface area contributed by atoms with Gasteiger partial charge in [0.2, 0.25) is 5.95 Å². The summed E-state index contributed by atoms with van der Waals surface area (Å²) in [7, 11) is 3.66. The van der Waals surface area contributed by atoms with Gasteiger partial charge < -0.3 is 15.1 Å². The summed E-state index contributed by atoms with van der Waals surface area (Å²) in [4.78, 5) is 25.5. The molecule has 0 spiro atoms. The number of nitrogens with one attached hydrogen (secondary N) is 1. The number of hydrogen-bond donors (Lipinski definition) is 1. The van der Waals surface area contributed by atoms with E-state index in [2.05, 4.69) is 15.3 Å². The Morgan fingerprint density at radius 2 is 1.70 bits per heavy atom. The summed E-state index contributed by atoms with van der Waals surface area (Å²) in [5.74, 6) is 1.22. The second-order valence-corrected chi connectivity index (χ2v) is 6.71. The fourth-order valence-corrected chi connectivity index (χ4v) is 3.28. The lowest BCUT2D eigenvalue weighted by molar-refractivity contribution is -0.120. The Morgan fingerprint density at radius 3 is 2.41 bits per heavy atom. The molecule has 2 aromatic carbocycles. The fourth-order valence-electron chi connectivity index (χ4n) is 3.28. The zero-order chi connectivity index (χ0) is 19.0. The number of nitrogens with zero attached hydrogens (tertiary/aromatic N) is 4. The topological polar surface area (TPSA) is 61.4 Å². The summed E-state index contributed by atoms with van der Waals surface area (Å²) in [6.45, 7) is 2.05. The van der Waals surface area contributed by atoms with Crippen molar-refractivity contribution in [3.8, 4) is 0 Å². The van der Waals surface area contributed by atoms with E-state index in [9.17, 15) is 4.79 Å². The number of benzene rings is 2. The van der Waals surface area contributed by atoms with Crippen molar-refractivity contribution in [1.82, 2.24) is 9.97 Å². The van der Waals surface area contributed by atoms with Crippen molar-refractivity contribution in [3.63, 3.8) is 0 Å². The third-order valence-corrected chi connectivity index (χ3v) is 4.82. The standard InChI is InChI=1S/C21H21N5O/c1-14-9-11-16(12-10-14)23-21-22-13-17-19(24-21)26(3)18(20(27)25(17)2)15-7-5-4-6-8-15/h4-13,18H,1-3H3,(H,22,23,24). The Bertz CT molecular complexity index is 972. The van der Waals surface area contributed by atoms with E-state index in [1.807, 2.05) is 73.5 Å². The molecule has 3 aromatic rings. The molecule has 0 radical (unpaired) electrons. The van der Waals surface area contributed by atoms with Gasteiger partial charge in [0.15, 0.2) is 5.82 Å². The highest BCUT2D eigenvalue weighted by Gasteiger charge is 2.37. The molecule has 0 aliphatic carbocycles. The van der Waals surface area contributed by atoms with Gasteiger partial charge in [-0.25, -0.2) is 4.98 Å². The van der Waals surface area contributed by atoms with Gasteiger partial charge in [-0.3, -0.25) is 4.79 Å². The molecular weight excluding hydrogens is 338 g/mol. The van der Waals surface area contributed by atoms with Crippen molar-refractivity contribution in [3.05, 3.63) is 71.9 Å². The van der Waals surface area contributed by atoms with E-state index in [4.69, 9.17) is 0 Å². The van der Waals surface area contributed by atoms with Crippen LogP contribution >= 0.6 is 0 Å². The average Bonchev–Trinajstić information content (AvgIpc) is 2.69. The molecule has 0 saturated heterocycles. The highest BCUT2D eigenvalue weighted by Crippen LogP contribution is 2.38. The summed E-state index contributed by atoms with van der Waals surface area (Å²) < 4.78 is 0. The second-order valence-electron chi connectivity index (χ2n) is 6.71. The summed E-state index contributed by atoms with van der Waals surface area (Å²) in [5.41, 5.74) is 3.75. The van der Waals surface area contributed by atoms with Crippen LogP contribution in [0, 0.1) is 6.92 Å². The predicted octanol–water partition coefficient (Wildman–Crippen LogP) is 3.68. The fraction of sp³-hybridized carbons (Fsp3) is 0.190. The van der Waals surface area contributed by atoms with Crippen molar-refractivity contribution < 1.29 is 4.79 Å². The number of carbonyl (C=O) groups excluding carboxylic acids is 1. The number of fused-ring (bicyclic) bond motifs is 1. The van der Waals surface area contributed by atoms with E-state index in [1.54, 1.807) is 18.1 Å². The van der Waals surface area contributed by atoms with Crippen LogP contribution in [-0.2, 0) is 4.79 Å². The van der Waals surface area contributed by atoms with Crippen molar-refractivity contribution in [2.24, 2.45) is 0 Å². The van der Waals surface area contributed by atoms with Gasteiger partial charge in [-0.15, -0.1) is 0 Å². The predicted molar refractivity (Wildman–Crippen MR) is 107 cm³/mol. The van der Waals surface area contributed by atoms with Crippen LogP contribution in [0.25, 0.3) is 0 Å². The zero-order valence-electron chi connectivity index (χ0n) is 15.5. The minimum absolute atomic E-state index is 0.000885. The molecule has 1 N–H and O–H groups in total. The number of aromatic nitrogens is 2. The molecule has 1 unspecified atom stereocenters. The summed E-state index contributed by atoms with van der Waals surface area (Å²) in [5, 5.41) is 3.23. The summed E-state index contributed by atoms with van der Waals surface area (Å²) in [6.07, 6.45) is 1.69. The summed E-state index contributed by atoms with van der Waals surface area (Å²) >= 11 is 0. The van der Waals surface area contributed by atoms with E-state index in [-0.39, 0.29) is 5.91 Å². The number of carbonyl (C=O) groups is 1. The van der Waals surface area contributed by atoms with Crippen molar-refractivity contribution in [1.29, 1.82) is 0 Å². The summed E-state index contributed by atoms with van der Waals surface area (Å²) in [6, 6.07) is 17.4. The average molecular weight is 359 g/mol. The first-order valence-electron chi connectivity index (χ1n) is 8.80. The van der Waals surface area contributed by atoms with Crippen molar-refractivity contribution >= 4 is 29.0 Å². The molecule has 4 rings (SSSR count). The molecule has 1 aliphatic heterocycles. The van der Waals surface area contributed by atoms with Gasteiger partial charge >= 0.3 is 0 Å². The van der Waals surface area contributed by atoms with Gasteiger partial charge in [-0.05, 0) is 24.6 Å². The molecule has 1 aromatic heterocycles. The Balaban J connectivity index is 1.70. The maximum Gasteiger partial charge on any atom is 0.254 e. The molecule has 0 fully saturated rings. The Kier molecular flexibility index (Phi) is 4.24. The van der Waals surface area contributed by atoms with E-state index in [0.29, 0.717) is 11.6 Å². The third kappa shape index (κ3) is 3.10. The number of amides is 1. The SMILES string of the molecule is Cc1ccc(Nc2ncc3c(n2)N(C)C(c2ccccc2)C(=O)N3C)cc1. The van der Waals surface area contributed by atoms with Gasteiger partial charge in [0, 0.05) is 19.8 Å². The monoisotopic (exact) mass is 359 g/mol. The molecule has 6 nitrogen and oxygen atoms in total. The van der Waals surface area contributed by atoms with E-state index in [0.717, 1.165) is 17.1 Å². The first-order valence-corrected chi connectivity index (χ1v) is 8.80. The van der Waals surface area contributed by atoms with Crippen LogP contribution in [0.1, 0.15) is 17.2 Å². The minimum atomic E-state index is -0.411. The van der Waals surface area contributed by atoms with E-state index in [1.165, 1.54) is 5.56 Å². The number of hydrogen-bond acceptors (Lipinski definition) is 5. The van der Waals surface area contributed by atoms with Crippen LogP contribution in [0.2, 0.25) is 0 Å². The Hall–Kier alpha value is -3.41. The molecule has 1 amide bonds. The molecule has 0 saturated carbocycles. The van der Waals surface area contributed by atoms with Gasteiger partial charge in [-0.2, -0.15) is 4.98 Å².